The van der Waals surface area contributed by atoms with E-state index in [2.05, 4.69) is 5.32 Å². The van der Waals surface area contributed by atoms with Crippen molar-refractivity contribution in [1.82, 2.24) is 9.58 Å². The normalized spacial score (nSPS) is 12.6. The number of nitrogens with zero attached hydrogens (tertiary/aromatic N) is 3. The minimum absolute atomic E-state index is 0.0746. The summed E-state index contributed by atoms with van der Waals surface area (Å²) in [5.74, 6) is -0.916. The summed E-state index contributed by atoms with van der Waals surface area (Å²) < 4.78 is 12.8. The number of hydrogen-bond acceptors (Lipinski definition) is 7. The molecule has 9 nitrogen and oxygen atoms in total. The van der Waals surface area contributed by atoms with E-state index >= 15 is 0 Å². The van der Waals surface area contributed by atoms with Crippen LogP contribution in [-0.2, 0) is 11.3 Å². The van der Waals surface area contributed by atoms with Gasteiger partial charge in [-0.05, 0) is 34.9 Å². The monoisotopic (exact) mass is 600 g/mol. The highest BCUT2D eigenvalue weighted by Gasteiger charge is 2.36. The predicted molar refractivity (Wildman–Crippen MR) is 172 cm³/mol. The Hall–Kier alpha value is -5.83. The zero-order valence-electron chi connectivity index (χ0n) is 24.9. The van der Waals surface area contributed by atoms with Crippen LogP contribution in [0.25, 0.3) is 0 Å². The second kappa shape index (κ2) is 12.8. The minimum atomic E-state index is -0.499. The summed E-state index contributed by atoms with van der Waals surface area (Å²) in [5, 5.41) is 5.21. The summed E-state index contributed by atoms with van der Waals surface area (Å²) in [6, 6.07) is 35.8. The third-order valence-electron chi connectivity index (χ3n) is 7.65. The molecular formula is C36H32N4O5. The Bertz CT molecular complexity index is 1840. The quantitative estimate of drug-likeness (QED) is 0.216. The molecule has 6 rings (SSSR count). The van der Waals surface area contributed by atoms with E-state index in [9.17, 15) is 14.4 Å². The number of carbonyl (C=O) groups is 2. The molecule has 5 aromatic rings. The van der Waals surface area contributed by atoms with Crippen LogP contribution in [0.1, 0.15) is 43.6 Å². The molecule has 0 atom stereocenters. The first-order valence-electron chi connectivity index (χ1n) is 14.5. The van der Waals surface area contributed by atoms with Gasteiger partial charge < -0.3 is 19.7 Å². The maximum atomic E-state index is 14.1. The van der Waals surface area contributed by atoms with Gasteiger partial charge in [0.1, 0.15) is 19.0 Å². The number of carbonyl (C=O) groups excluding carboxylic acids is 2. The predicted octanol–water partition coefficient (Wildman–Crippen LogP) is 5.73. The molecule has 0 aliphatic carbocycles. The number of aromatic nitrogens is 1. The Morgan fingerprint density at radius 2 is 1.47 bits per heavy atom. The van der Waals surface area contributed by atoms with Crippen molar-refractivity contribution in [2.45, 2.75) is 12.6 Å². The highest BCUT2D eigenvalue weighted by atomic mass is 16.5. The Morgan fingerprint density at radius 1 is 0.844 bits per heavy atom. The molecule has 9 heteroatoms. The summed E-state index contributed by atoms with van der Waals surface area (Å²) in [6.07, 6.45) is 1.63. The molecule has 1 aliphatic rings. The average Bonchev–Trinajstić information content (AvgIpc) is 3.08. The van der Waals surface area contributed by atoms with Crippen molar-refractivity contribution in [1.29, 1.82) is 0 Å². The number of anilines is 2. The average molecular weight is 601 g/mol. The van der Waals surface area contributed by atoms with Crippen LogP contribution in [0, 0.1) is 0 Å². The number of esters is 1. The number of fused-ring (bicyclic) bond motifs is 1. The number of nitrogens with one attached hydrogen (secondary N) is 1. The fourth-order valence-electron chi connectivity index (χ4n) is 5.47. The lowest BCUT2D eigenvalue weighted by atomic mass is 9.98. The Kier molecular flexibility index (Phi) is 8.32. The smallest absolute Gasteiger partial charge is 0.337 e. The standard InChI is InChI=1S/C36H32N4O5/c1-38-24-40(31(26-15-8-4-9-16-26)27-17-10-5-11-18-27)39-22-30(37-29-20-12-19-28(21-29)36(43)44-2)33(41)34(32(39)35(38)42)45-23-25-13-6-3-7-14-25/h3-22,31,37H,23-24H2,1-2H3. The Labute approximate surface area is 260 Å². The second-order valence-electron chi connectivity index (χ2n) is 10.7. The van der Waals surface area contributed by atoms with Crippen molar-refractivity contribution >= 4 is 23.3 Å². The SMILES string of the molecule is COC(=O)c1cccc(Nc2cn3c(c(OCc4ccccc4)c2=O)C(=O)N(C)CN3C(c2ccccc2)c2ccccc2)c1. The van der Waals surface area contributed by atoms with Crippen LogP contribution in [0.5, 0.6) is 5.75 Å². The van der Waals surface area contributed by atoms with Crippen molar-refractivity contribution in [3.05, 3.63) is 160 Å². The fraction of sp³-hybridized carbons (Fsp3) is 0.139. The number of hydrogen-bond donors (Lipinski definition) is 1. The molecule has 1 aliphatic heterocycles. The van der Waals surface area contributed by atoms with Crippen LogP contribution in [0.15, 0.2) is 126 Å². The maximum absolute atomic E-state index is 14.1. The summed E-state index contributed by atoms with van der Waals surface area (Å²) in [7, 11) is 3.02. The van der Waals surface area contributed by atoms with E-state index in [1.807, 2.05) is 96.0 Å². The lowest BCUT2D eigenvalue weighted by molar-refractivity contribution is 0.0600. The largest absolute Gasteiger partial charge is 0.482 e. The lowest BCUT2D eigenvalue weighted by Crippen LogP contribution is -2.54. The molecule has 45 heavy (non-hydrogen) atoms. The van der Waals surface area contributed by atoms with Gasteiger partial charge >= 0.3 is 5.97 Å². The fourth-order valence-corrected chi connectivity index (χ4v) is 5.47. The van der Waals surface area contributed by atoms with Gasteiger partial charge in [0.05, 0.1) is 24.9 Å². The van der Waals surface area contributed by atoms with E-state index in [4.69, 9.17) is 9.47 Å². The first-order chi connectivity index (χ1) is 21.9. The van der Waals surface area contributed by atoms with Gasteiger partial charge in [-0.15, -0.1) is 0 Å². The van der Waals surface area contributed by atoms with Crippen molar-refractivity contribution in [2.24, 2.45) is 0 Å². The third kappa shape index (κ3) is 6.01. The van der Waals surface area contributed by atoms with Crippen LogP contribution < -0.4 is 20.5 Å². The molecule has 226 valence electrons. The van der Waals surface area contributed by atoms with Crippen molar-refractivity contribution < 1.29 is 19.1 Å². The molecule has 0 bridgehead atoms. The summed E-state index contributed by atoms with van der Waals surface area (Å²) in [5.41, 5.74) is 3.48. The van der Waals surface area contributed by atoms with Gasteiger partial charge in [-0.3, -0.25) is 19.3 Å². The zero-order valence-corrected chi connectivity index (χ0v) is 24.9. The first-order valence-corrected chi connectivity index (χ1v) is 14.5. The van der Waals surface area contributed by atoms with Gasteiger partial charge in [0.15, 0.2) is 5.69 Å². The van der Waals surface area contributed by atoms with E-state index in [-0.39, 0.29) is 42.4 Å². The molecule has 0 saturated carbocycles. The third-order valence-corrected chi connectivity index (χ3v) is 7.65. The topological polar surface area (TPSA) is 93.1 Å². The maximum Gasteiger partial charge on any atom is 0.337 e. The molecule has 0 fully saturated rings. The number of amides is 1. The van der Waals surface area contributed by atoms with E-state index in [0.29, 0.717) is 11.3 Å². The van der Waals surface area contributed by atoms with E-state index in [0.717, 1.165) is 16.7 Å². The van der Waals surface area contributed by atoms with E-state index in [1.54, 1.807) is 47.1 Å². The molecule has 1 N–H and O–H groups in total. The number of rotatable bonds is 9. The lowest BCUT2D eigenvalue weighted by Gasteiger charge is -2.43. The van der Waals surface area contributed by atoms with E-state index < -0.39 is 11.4 Å². The van der Waals surface area contributed by atoms with Gasteiger partial charge in [-0.2, -0.15) is 0 Å². The molecule has 2 heterocycles. The highest BCUT2D eigenvalue weighted by Crippen LogP contribution is 2.33. The number of methoxy groups -OCH3 is 1. The number of pyridine rings is 1. The number of benzene rings is 4. The summed E-state index contributed by atoms with van der Waals surface area (Å²) >= 11 is 0. The second-order valence-corrected chi connectivity index (χ2v) is 10.7. The molecule has 4 aromatic carbocycles. The molecule has 0 unspecified atom stereocenters. The van der Waals surface area contributed by atoms with Crippen LogP contribution in [-0.4, -0.2) is 42.3 Å². The highest BCUT2D eigenvalue weighted by molar-refractivity contribution is 5.97. The van der Waals surface area contributed by atoms with Crippen molar-refractivity contribution in [3.8, 4) is 5.75 Å². The Morgan fingerprint density at radius 3 is 2.09 bits per heavy atom. The number of ether oxygens (including phenoxy) is 2. The van der Waals surface area contributed by atoms with Crippen LogP contribution in [0.3, 0.4) is 0 Å². The van der Waals surface area contributed by atoms with Crippen molar-refractivity contribution in [3.63, 3.8) is 0 Å². The van der Waals surface area contributed by atoms with Crippen LogP contribution in [0.2, 0.25) is 0 Å². The van der Waals surface area contributed by atoms with E-state index in [1.165, 1.54) is 7.11 Å². The molecule has 0 spiro atoms. The van der Waals surface area contributed by atoms with Gasteiger partial charge in [-0.1, -0.05) is 97.1 Å². The van der Waals surface area contributed by atoms with Gasteiger partial charge in [0.25, 0.3) is 5.91 Å². The Balaban J connectivity index is 1.54. The first kappa shape index (κ1) is 29.3. The summed E-state index contributed by atoms with van der Waals surface area (Å²) in [6.45, 7) is 0.320. The van der Waals surface area contributed by atoms with Gasteiger partial charge in [-0.25, -0.2) is 4.79 Å². The molecule has 1 amide bonds. The van der Waals surface area contributed by atoms with Crippen LogP contribution in [0.4, 0.5) is 11.4 Å². The molecule has 0 saturated heterocycles. The van der Waals surface area contributed by atoms with Gasteiger partial charge in [0, 0.05) is 12.7 Å². The molecule has 1 aromatic heterocycles. The zero-order chi connectivity index (χ0) is 31.3. The molecular weight excluding hydrogens is 568 g/mol. The molecule has 0 radical (unpaired) electrons. The van der Waals surface area contributed by atoms with Crippen molar-refractivity contribution in [2.75, 3.05) is 31.2 Å². The summed E-state index contributed by atoms with van der Waals surface area (Å²) in [4.78, 5) is 41.8. The van der Waals surface area contributed by atoms with Crippen LogP contribution >= 0.6 is 0 Å². The van der Waals surface area contributed by atoms with Gasteiger partial charge in [0.2, 0.25) is 11.2 Å². The minimum Gasteiger partial charge on any atom is -0.482 e.